The minimum atomic E-state index is -0.317. The number of hydrogen-bond donors (Lipinski definition) is 0. The highest BCUT2D eigenvalue weighted by atomic mass is 16.6. The van der Waals surface area contributed by atoms with E-state index in [9.17, 15) is 9.59 Å². The van der Waals surface area contributed by atoms with Crippen LogP contribution in [-0.4, -0.2) is 24.1 Å². The molecule has 0 saturated heterocycles. The summed E-state index contributed by atoms with van der Waals surface area (Å²) in [6.07, 6.45) is -0.335. The summed E-state index contributed by atoms with van der Waals surface area (Å²) in [6.45, 7) is 11.2. The van der Waals surface area contributed by atoms with Gasteiger partial charge in [-0.05, 0) is 5.41 Å². The summed E-state index contributed by atoms with van der Waals surface area (Å²) in [5.41, 5.74) is -0.238. The molecule has 2 aliphatic carbocycles. The van der Waals surface area contributed by atoms with E-state index in [-0.39, 0.29) is 35.0 Å². The van der Waals surface area contributed by atoms with Crippen molar-refractivity contribution in [2.24, 2.45) is 22.7 Å². The first-order chi connectivity index (χ1) is 8.10. The van der Waals surface area contributed by atoms with E-state index in [2.05, 4.69) is 13.8 Å². The average Bonchev–Trinajstić information content (AvgIpc) is 2.63. The Kier molecular flexibility index (Phi) is 2.76. The fraction of sp³-hybridized carbons (Fsp3) is 0.857. The van der Waals surface area contributed by atoms with E-state index in [1.807, 2.05) is 13.8 Å². The minimum Gasteiger partial charge on any atom is -0.462 e. The predicted octanol–water partition coefficient (Wildman–Crippen LogP) is 2.16. The Hall–Kier alpha value is -1.06. The zero-order valence-electron chi connectivity index (χ0n) is 11.9. The van der Waals surface area contributed by atoms with Gasteiger partial charge in [-0.2, -0.15) is 0 Å². The van der Waals surface area contributed by atoms with Crippen LogP contribution >= 0.6 is 0 Å². The van der Waals surface area contributed by atoms with Gasteiger partial charge in [0.05, 0.1) is 0 Å². The first-order valence-corrected chi connectivity index (χ1v) is 6.44. The van der Waals surface area contributed by atoms with Gasteiger partial charge >= 0.3 is 11.9 Å². The van der Waals surface area contributed by atoms with E-state index in [0.717, 1.165) is 0 Å². The fourth-order valence-corrected chi connectivity index (χ4v) is 3.77. The van der Waals surface area contributed by atoms with Crippen LogP contribution in [0, 0.1) is 22.7 Å². The number of ether oxygens (including phenoxy) is 2. The van der Waals surface area contributed by atoms with Gasteiger partial charge in [-0.3, -0.25) is 9.59 Å². The van der Waals surface area contributed by atoms with E-state index in [1.54, 1.807) is 0 Å². The van der Waals surface area contributed by atoms with Crippen LogP contribution in [0.2, 0.25) is 0 Å². The Labute approximate surface area is 108 Å². The summed E-state index contributed by atoms with van der Waals surface area (Å²) < 4.78 is 11.0. The SMILES string of the molecule is CC(=O)O[C@@H]1[C@@H]2[C@H]([C@H](OC(C)=O)C1(C)C)C2(C)C. The molecule has 0 heterocycles. The number of fused-ring (bicyclic) bond motifs is 1. The van der Waals surface area contributed by atoms with Crippen molar-refractivity contribution >= 4 is 11.9 Å². The molecule has 0 aromatic rings. The number of carbonyl (C=O) groups is 2. The summed E-state index contributed by atoms with van der Waals surface area (Å²) in [5.74, 6) is 0.0532. The van der Waals surface area contributed by atoms with Crippen LogP contribution in [-0.2, 0) is 19.1 Å². The standard InChI is InChI=1S/C14H22O4/c1-7(15)17-11-9-10(13(9,3)4)12(14(11,5)6)18-8(2)16/h9-12H,1-6H3/t9-,10+,11+,12-. The Balaban J connectivity index is 2.27. The van der Waals surface area contributed by atoms with Crippen molar-refractivity contribution in [1.29, 1.82) is 0 Å². The van der Waals surface area contributed by atoms with E-state index < -0.39 is 0 Å². The van der Waals surface area contributed by atoms with Crippen molar-refractivity contribution in [3.05, 3.63) is 0 Å². The van der Waals surface area contributed by atoms with Crippen LogP contribution < -0.4 is 0 Å². The molecule has 102 valence electrons. The molecule has 4 atom stereocenters. The number of hydrogen-bond acceptors (Lipinski definition) is 4. The summed E-state index contributed by atoms with van der Waals surface area (Å²) in [5, 5.41) is 0. The van der Waals surface area contributed by atoms with Crippen molar-refractivity contribution in [2.75, 3.05) is 0 Å². The second-order valence-corrected chi connectivity index (χ2v) is 6.75. The molecule has 0 aromatic carbocycles. The molecule has 2 saturated carbocycles. The summed E-state index contributed by atoms with van der Waals surface area (Å²) in [6, 6.07) is 0. The third kappa shape index (κ3) is 1.73. The van der Waals surface area contributed by atoms with Gasteiger partial charge in [0, 0.05) is 31.1 Å². The highest BCUT2D eigenvalue weighted by Gasteiger charge is 2.77. The van der Waals surface area contributed by atoms with Crippen molar-refractivity contribution < 1.29 is 19.1 Å². The maximum Gasteiger partial charge on any atom is 0.302 e. The van der Waals surface area contributed by atoms with Crippen molar-refractivity contribution in [3.63, 3.8) is 0 Å². The monoisotopic (exact) mass is 254 g/mol. The van der Waals surface area contributed by atoms with E-state index >= 15 is 0 Å². The highest BCUT2D eigenvalue weighted by molar-refractivity contribution is 5.67. The molecule has 0 aromatic heterocycles. The van der Waals surface area contributed by atoms with Gasteiger partial charge in [0.15, 0.2) is 0 Å². The number of esters is 2. The molecular formula is C14H22O4. The molecular weight excluding hydrogens is 232 g/mol. The Morgan fingerprint density at radius 1 is 0.778 bits per heavy atom. The topological polar surface area (TPSA) is 52.6 Å². The zero-order valence-corrected chi connectivity index (χ0v) is 11.9. The average molecular weight is 254 g/mol. The third-order valence-electron chi connectivity index (χ3n) is 4.70. The molecule has 0 unspecified atom stereocenters. The lowest BCUT2D eigenvalue weighted by Gasteiger charge is -2.37. The predicted molar refractivity (Wildman–Crippen MR) is 65.7 cm³/mol. The quantitative estimate of drug-likeness (QED) is 0.709. The highest BCUT2D eigenvalue weighted by Crippen LogP contribution is 2.72. The Morgan fingerprint density at radius 3 is 1.39 bits per heavy atom. The van der Waals surface area contributed by atoms with Gasteiger partial charge in [0.1, 0.15) is 12.2 Å². The molecule has 4 heteroatoms. The molecule has 0 radical (unpaired) electrons. The zero-order chi connectivity index (χ0) is 13.9. The lowest BCUT2D eigenvalue weighted by molar-refractivity contribution is -0.166. The number of carbonyl (C=O) groups excluding carboxylic acids is 2. The molecule has 0 bridgehead atoms. The van der Waals surface area contributed by atoms with Gasteiger partial charge in [0.25, 0.3) is 0 Å². The third-order valence-corrected chi connectivity index (χ3v) is 4.70. The normalized spacial score (nSPS) is 38.8. The molecule has 0 N–H and O–H groups in total. The minimum absolute atomic E-state index is 0.0791. The second kappa shape index (κ2) is 3.72. The van der Waals surface area contributed by atoms with E-state index in [1.165, 1.54) is 13.8 Å². The molecule has 2 rings (SSSR count). The summed E-state index contributed by atoms with van der Waals surface area (Å²) in [7, 11) is 0. The second-order valence-electron chi connectivity index (χ2n) is 6.75. The van der Waals surface area contributed by atoms with E-state index in [4.69, 9.17) is 9.47 Å². The van der Waals surface area contributed by atoms with Gasteiger partial charge in [-0.25, -0.2) is 0 Å². The molecule has 0 spiro atoms. The fourth-order valence-electron chi connectivity index (χ4n) is 3.77. The van der Waals surface area contributed by atoms with Crippen LogP contribution in [0.1, 0.15) is 41.5 Å². The van der Waals surface area contributed by atoms with Crippen molar-refractivity contribution in [2.45, 2.75) is 53.8 Å². The molecule has 0 aliphatic heterocycles. The first kappa shape index (κ1) is 13.4. The van der Waals surface area contributed by atoms with Crippen LogP contribution in [0.15, 0.2) is 0 Å². The van der Waals surface area contributed by atoms with Crippen LogP contribution in [0.3, 0.4) is 0 Å². The maximum atomic E-state index is 11.3. The van der Waals surface area contributed by atoms with Crippen LogP contribution in [0.25, 0.3) is 0 Å². The lowest BCUT2D eigenvalue weighted by Crippen LogP contribution is -2.44. The van der Waals surface area contributed by atoms with Gasteiger partial charge < -0.3 is 9.47 Å². The first-order valence-electron chi connectivity index (χ1n) is 6.44. The lowest BCUT2D eigenvalue weighted by atomic mass is 9.77. The van der Waals surface area contributed by atoms with Crippen LogP contribution in [0.4, 0.5) is 0 Å². The molecule has 4 nitrogen and oxygen atoms in total. The summed E-state index contributed by atoms with van der Waals surface area (Å²) in [4.78, 5) is 22.5. The molecule has 18 heavy (non-hydrogen) atoms. The van der Waals surface area contributed by atoms with E-state index in [0.29, 0.717) is 11.8 Å². The van der Waals surface area contributed by atoms with Gasteiger partial charge in [0.2, 0.25) is 0 Å². The number of rotatable bonds is 2. The van der Waals surface area contributed by atoms with Crippen molar-refractivity contribution in [3.8, 4) is 0 Å². The molecule has 2 fully saturated rings. The van der Waals surface area contributed by atoms with Crippen LogP contribution in [0.5, 0.6) is 0 Å². The van der Waals surface area contributed by atoms with Gasteiger partial charge in [-0.1, -0.05) is 27.7 Å². The van der Waals surface area contributed by atoms with Gasteiger partial charge in [-0.15, -0.1) is 0 Å². The largest absolute Gasteiger partial charge is 0.462 e. The molecule has 2 aliphatic rings. The smallest absolute Gasteiger partial charge is 0.302 e. The maximum absolute atomic E-state index is 11.3. The molecule has 0 amide bonds. The Morgan fingerprint density at radius 2 is 1.11 bits per heavy atom. The Bertz CT molecular complexity index is 363. The summed E-state index contributed by atoms with van der Waals surface area (Å²) >= 11 is 0. The van der Waals surface area contributed by atoms with Crippen molar-refractivity contribution in [1.82, 2.24) is 0 Å².